The highest BCUT2D eigenvalue weighted by atomic mass is 16.3. The molecule has 0 amide bonds. The molecule has 0 aliphatic heterocycles. The van der Waals surface area contributed by atoms with Crippen LogP contribution < -0.4 is 0 Å². The molecule has 3 heteroatoms. The molecule has 0 atom stereocenters. The molecule has 0 aliphatic rings. The van der Waals surface area contributed by atoms with E-state index in [-0.39, 0.29) is 0 Å². The highest BCUT2D eigenvalue weighted by molar-refractivity contribution is 6.04. The maximum absolute atomic E-state index is 5.90. The van der Waals surface area contributed by atoms with Crippen LogP contribution in [-0.2, 0) is 0 Å². The van der Waals surface area contributed by atoms with E-state index in [1.54, 1.807) is 6.20 Å². The molecule has 0 N–H and O–H groups in total. The average molecular weight is 234 g/mol. The van der Waals surface area contributed by atoms with E-state index in [9.17, 15) is 0 Å². The van der Waals surface area contributed by atoms with Crippen LogP contribution in [0.4, 0.5) is 0 Å². The molecule has 86 valence electrons. The van der Waals surface area contributed by atoms with Gasteiger partial charge in [0.05, 0.1) is 0 Å². The molecule has 0 spiro atoms. The van der Waals surface area contributed by atoms with E-state index < -0.39 is 0 Å². The van der Waals surface area contributed by atoms with Crippen LogP contribution >= 0.6 is 0 Å². The van der Waals surface area contributed by atoms with E-state index in [1.165, 1.54) is 0 Å². The lowest BCUT2D eigenvalue weighted by atomic mass is 10.2. The molecule has 0 saturated carbocycles. The summed E-state index contributed by atoms with van der Waals surface area (Å²) in [6, 6.07) is 16.0. The highest BCUT2D eigenvalue weighted by Crippen LogP contribution is 2.30. The van der Waals surface area contributed by atoms with Crippen LogP contribution in [0.5, 0.6) is 0 Å². The Bertz CT molecular complexity index is 827. The lowest BCUT2D eigenvalue weighted by Crippen LogP contribution is -1.93. The Hall–Kier alpha value is -2.55. The average Bonchev–Trinajstić information content (AvgIpc) is 2.98. The van der Waals surface area contributed by atoms with E-state index >= 15 is 0 Å². The van der Waals surface area contributed by atoms with Crippen LogP contribution in [0.3, 0.4) is 0 Å². The van der Waals surface area contributed by atoms with E-state index in [4.69, 9.17) is 4.42 Å². The lowest BCUT2D eigenvalue weighted by molar-refractivity contribution is 0.641. The van der Waals surface area contributed by atoms with Gasteiger partial charge >= 0.3 is 0 Å². The van der Waals surface area contributed by atoms with Gasteiger partial charge in [0.15, 0.2) is 0 Å². The molecule has 3 aromatic heterocycles. The van der Waals surface area contributed by atoms with Gasteiger partial charge in [0.25, 0.3) is 0 Å². The lowest BCUT2D eigenvalue weighted by Gasteiger charge is -2.00. The predicted molar refractivity (Wildman–Crippen MR) is 70.8 cm³/mol. The summed E-state index contributed by atoms with van der Waals surface area (Å²) in [5.74, 6) is 0.867. The van der Waals surface area contributed by atoms with Crippen LogP contribution in [0.15, 0.2) is 65.3 Å². The molecule has 0 fully saturated rings. The normalized spacial score (nSPS) is 11.3. The summed E-state index contributed by atoms with van der Waals surface area (Å²) >= 11 is 0. The molecule has 4 aromatic rings. The molecule has 0 saturated heterocycles. The fraction of sp³-hybridized carbons (Fsp3) is 0. The highest BCUT2D eigenvalue weighted by Gasteiger charge is 2.11. The number of hydrogen-bond donors (Lipinski definition) is 0. The number of furan rings is 1. The Morgan fingerprint density at radius 3 is 2.67 bits per heavy atom. The maximum Gasteiger partial charge on any atom is 0.213 e. The number of para-hydroxylation sites is 1. The molecule has 0 unspecified atom stereocenters. The number of aromatic nitrogens is 2. The number of hydrogen-bond acceptors (Lipinski definition) is 2. The first kappa shape index (κ1) is 9.48. The number of benzene rings is 1. The number of nitrogens with zero attached hydrogens (tertiary/aromatic N) is 2. The van der Waals surface area contributed by atoms with E-state index in [0.29, 0.717) is 0 Å². The smallest absolute Gasteiger partial charge is 0.213 e. The second kappa shape index (κ2) is 3.47. The largest absolute Gasteiger partial charge is 0.439 e. The number of rotatable bonds is 1. The predicted octanol–water partition coefficient (Wildman–Crippen LogP) is 3.77. The van der Waals surface area contributed by atoms with Gasteiger partial charge < -0.3 is 4.42 Å². The zero-order chi connectivity index (χ0) is 11.9. The second-order valence-electron chi connectivity index (χ2n) is 4.19. The maximum atomic E-state index is 5.90. The van der Waals surface area contributed by atoms with Crippen LogP contribution in [-0.4, -0.2) is 9.55 Å². The second-order valence-corrected chi connectivity index (χ2v) is 4.19. The third kappa shape index (κ3) is 1.21. The molecular formula is C15H10N2O. The van der Waals surface area contributed by atoms with Crippen LogP contribution in [0.25, 0.3) is 27.9 Å². The van der Waals surface area contributed by atoms with Crippen molar-refractivity contribution in [2.24, 2.45) is 0 Å². The van der Waals surface area contributed by atoms with Crippen LogP contribution in [0.2, 0.25) is 0 Å². The van der Waals surface area contributed by atoms with Crippen molar-refractivity contribution >= 4 is 22.1 Å². The van der Waals surface area contributed by atoms with Gasteiger partial charge in [-0.25, -0.2) is 4.98 Å². The van der Waals surface area contributed by atoms with Crippen molar-refractivity contribution < 1.29 is 4.42 Å². The van der Waals surface area contributed by atoms with Gasteiger partial charge in [0, 0.05) is 23.2 Å². The van der Waals surface area contributed by atoms with Crippen LogP contribution in [0, 0.1) is 0 Å². The van der Waals surface area contributed by atoms with Gasteiger partial charge in [-0.1, -0.05) is 24.3 Å². The van der Waals surface area contributed by atoms with Gasteiger partial charge in [-0.2, -0.15) is 0 Å². The fourth-order valence-corrected chi connectivity index (χ4v) is 2.29. The first-order valence-corrected chi connectivity index (χ1v) is 5.83. The van der Waals surface area contributed by atoms with E-state index in [2.05, 4.69) is 17.1 Å². The summed E-state index contributed by atoms with van der Waals surface area (Å²) in [5.41, 5.74) is 1.75. The zero-order valence-electron chi connectivity index (χ0n) is 9.58. The summed E-state index contributed by atoms with van der Waals surface area (Å²) in [7, 11) is 0. The van der Waals surface area contributed by atoms with E-state index in [0.717, 1.165) is 27.9 Å². The molecular weight excluding hydrogens is 224 g/mol. The summed E-state index contributed by atoms with van der Waals surface area (Å²) in [4.78, 5) is 4.34. The van der Waals surface area contributed by atoms with Gasteiger partial charge in [0.2, 0.25) is 5.71 Å². The minimum Gasteiger partial charge on any atom is -0.439 e. The van der Waals surface area contributed by atoms with Gasteiger partial charge in [-0.3, -0.25) is 4.57 Å². The summed E-state index contributed by atoms with van der Waals surface area (Å²) in [5, 5.41) is 2.26. The Morgan fingerprint density at radius 2 is 1.78 bits per heavy atom. The Balaban J connectivity index is 2.08. The molecule has 0 aliphatic carbocycles. The van der Waals surface area contributed by atoms with Gasteiger partial charge in [-0.05, 0) is 24.3 Å². The number of pyridine rings is 1. The van der Waals surface area contributed by atoms with Gasteiger partial charge in [-0.15, -0.1) is 0 Å². The van der Waals surface area contributed by atoms with Crippen molar-refractivity contribution in [3.63, 3.8) is 0 Å². The van der Waals surface area contributed by atoms with Crippen molar-refractivity contribution in [3.05, 3.63) is 60.9 Å². The SMILES string of the molecule is c1ccc(-n2ccc3c4ccccc4oc32)nc1. The van der Waals surface area contributed by atoms with Crippen molar-refractivity contribution in [2.45, 2.75) is 0 Å². The molecule has 3 nitrogen and oxygen atoms in total. The Labute approximate surface area is 103 Å². The topological polar surface area (TPSA) is 31.0 Å². The first-order valence-electron chi connectivity index (χ1n) is 5.83. The minimum atomic E-state index is 0.843. The molecule has 1 aromatic carbocycles. The molecule has 4 rings (SSSR count). The van der Waals surface area contributed by atoms with Crippen molar-refractivity contribution in [1.29, 1.82) is 0 Å². The minimum absolute atomic E-state index is 0.843. The Morgan fingerprint density at radius 1 is 0.889 bits per heavy atom. The third-order valence-corrected chi connectivity index (χ3v) is 3.12. The summed E-state index contributed by atoms with van der Waals surface area (Å²) < 4.78 is 7.87. The van der Waals surface area contributed by atoms with Gasteiger partial charge in [0.1, 0.15) is 11.4 Å². The molecule has 18 heavy (non-hydrogen) atoms. The van der Waals surface area contributed by atoms with Crippen molar-refractivity contribution in [2.75, 3.05) is 0 Å². The Kier molecular flexibility index (Phi) is 1.83. The standard InChI is InChI=1S/C15H10N2O/c1-2-6-13-11(5-1)12-8-10-17(15(12)18-13)14-7-3-4-9-16-14/h1-10H. The monoisotopic (exact) mass is 234 g/mol. The van der Waals surface area contributed by atoms with Crippen molar-refractivity contribution in [3.8, 4) is 5.82 Å². The number of fused-ring (bicyclic) bond motifs is 3. The molecule has 0 radical (unpaired) electrons. The third-order valence-electron chi connectivity index (χ3n) is 3.12. The quantitative estimate of drug-likeness (QED) is 0.502. The first-order chi connectivity index (χ1) is 8.93. The fourth-order valence-electron chi connectivity index (χ4n) is 2.29. The van der Waals surface area contributed by atoms with E-state index in [1.807, 2.05) is 47.2 Å². The molecule has 0 bridgehead atoms. The summed E-state index contributed by atoms with van der Waals surface area (Å²) in [6.07, 6.45) is 3.77. The summed E-state index contributed by atoms with van der Waals surface area (Å²) in [6.45, 7) is 0. The van der Waals surface area contributed by atoms with Crippen molar-refractivity contribution in [1.82, 2.24) is 9.55 Å². The molecule has 3 heterocycles. The zero-order valence-corrected chi connectivity index (χ0v) is 9.58. The van der Waals surface area contributed by atoms with Crippen LogP contribution in [0.1, 0.15) is 0 Å².